The number of halogens is 3. The van der Waals surface area contributed by atoms with E-state index in [1.165, 1.54) is 11.8 Å². The van der Waals surface area contributed by atoms with E-state index in [1.807, 2.05) is 12.2 Å². The summed E-state index contributed by atoms with van der Waals surface area (Å²) in [6, 6.07) is 3.34. The maximum atomic E-state index is 10.7. The zero-order chi connectivity index (χ0) is 12.8. The number of allylic oxidation sites excluding steroid dienone is 1. The van der Waals surface area contributed by atoms with Gasteiger partial charge in [0.15, 0.2) is 5.12 Å². The first-order valence-electron chi connectivity index (χ1n) is 4.95. The van der Waals surface area contributed by atoms with Gasteiger partial charge in [-0.2, -0.15) is 0 Å². The summed E-state index contributed by atoms with van der Waals surface area (Å²) in [7, 11) is 0. The molecule has 92 valence electrons. The van der Waals surface area contributed by atoms with Crippen molar-refractivity contribution in [3.63, 3.8) is 0 Å². The molecule has 17 heavy (non-hydrogen) atoms. The lowest BCUT2D eigenvalue weighted by Gasteiger charge is -2.01. The van der Waals surface area contributed by atoms with Crippen LogP contribution < -0.4 is 0 Å². The third-order valence-corrected chi connectivity index (χ3v) is 3.82. The summed E-state index contributed by atoms with van der Waals surface area (Å²) >= 11 is 19.0. The second-order valence-electron chi connectivity index (χ2n) is 3.32. The number of benzene rings is 1. The van der Waals surface area contributed by atoms with E-state index in [0.717, 1.165) is 17.7 Å². The van der Waals surface area contributed by atoms with Crippen LogP contribution >= 0.6 is 46.6 Å². The van der Waals surface area contributed by atoms with E-state index in [4.69, 9.17) is 34.8 Å². The van der Waals surface area contributed by atoms with Gasteiger partial charge in [0.05, 0.1) is 10.0 Å². The van der Waals surface area contributed by atoms with Crippen molar-refractivity contribution in [1.29, 1.82) is 0 Å². The third-order valence-electron chi connectivity index (χ3n) is 1.93. The minimum Gasteiger partial charge on any atom is -0.288 e. The molecule has 0 saturated heterocycles. The smallest absolute Gasteiger partial charge is 0.185 e. The van der Waals surface area contributed by atoms with Gasteiger partial charge in [0, 0.05) is 17.7 Å². The second kappa shape index (κ2) is 7.32. The van der Waals surface area contributed by atoms with Gasteiger partial charge in [0.25, 0.3) is 0 Å². The molecule has 5 heteroatoms. The molecule has 0 N–H and O–H groups in total. The van der Waals surface area contributed by atoms with Gasteiger partial charge in [-0.1, -0.05) is 58.7 Å². The maximum Gasteiger partial charge on any atom is 0.185 e. The van der Waals surface area contributed by atoms with Gasteiger partial charge < -0.3 is 0 Å². The lowest BCUT2D eigenvalue weighted by molar-refractivity contribution is -0.109. The number of hydrogen-bond donors (Lipinski definition) is 0. The number of carbonyl (C=O) groups excluding carboxylic acids is 1. The van der Waals surface area contributed by atoms with Gasteiger partial charge >= 0.3 is 0 Å². The van der Waals surface area contributed by atoms with Crippen LogP contribution in [0, 0.1) is 0 Å². The van der Waals surface area contributed by atoms with Crippen LogP contribution in [0.15, 0.2) is 18.2 Å². The van der Waals surface area contributed by atoms with Gasteiger partial charge in [-0.05, 0) is 24.1 Å². The summed E-state index contributed by atoms with van der Waals surface area (Å²) in [6.45, 7) is 1.56. The molecule has 0 amide bonds. The summed E-state index contributed by atoms with van der Waals surface area (Å²) < 4.78 is 0. The molecule has 0 aliphatic carbocycles. The maximum absolute atomic E-state index is 10.7. The molecule has 0 aliphatic rings. The predicted octanol–water partition coefficient (Wildman–Crippen LogP) is 5.33. The Morgan fingerprint density at radius 1 is 1.24 bits per heavy atom. The van der Waals surface area contributed by atoms with E-state index in [2.05, 4.69) is 0 Å². The summed E-state index contributed by atoms with van der Waals surface area (Å²) in [4.78, 5) is 10.7. The molecule has 1 rings (SSSR count). The van der Waals surface area contributed by atoms with E-state index in [0.29, 0.717) is 15.1 Å². The quantitative estimate of drug-likeness (QED) is 0.552. The van der Waals surface area contributed by atoms with E-state index in [1.54, 1.807) is 19.1 Å². The lowest BCUT2D eigenvalue weighted by Crippen LogP contribution is -1.84. The standard InChI is InChI=1S/C12H11Cl3OS/c1-8(16)17-5-3-2-4-9-6-11(14)12(15)7-10(9)13/h2,4,6-7H,3,5H2,1H3. The Morgan fingerprint density at radius 3 is 2.53 bits per heavy atom. The highest BCUT2D eigenvalue weighted by atomic mass is 35.5. The van der Waals surface area contributed by atoms with Crippen molar-refractivity contribution in [2.24, 2.45) is 0 Å². The van der Waals surface area contributed by atoms with E-state index < -0.39 is 0 Å². The monoisotopic (exact) mass is 308 g/mol. The molecule has 0 bridgehead atoms. The van der Waals surface area contributed by atoms with Gasteiger partial charge in [0.1, 0.15) is 0 Å². The Morgan fingerprint density at radius 2 is 1.88 bits per heavy atom. The second-order valence-corrected chi connectivity index (χ2v) is 5.81. The molecule has 1 aromatic rings. The van der Waals surface area contributed by atoms with Crippen molar-refractivity contribution in [2.45, 2.75) is 13.3 Å². The average Bonchev–Trinajstić information content (AvgIpc) is 2.24. The van der Waals surface area contributed by atoms with Gasteiger partial charge in [0.2, 0.25) is 0 Å². The highest BCUT2D eigenvalue weighted by molar-refractivity contribution is 8.13. The van der Waals surface area contributed by atoms with Gasteiger partial charge in [-0.3, -0.25) is 4.79 Å². The van der Waals surface area contributed by atoms with E-state index in [9.17, 15) is 4.79 Å². The summed E-state index contributed by atoms with van der Waals surface area (Å²) in [6.07, 6.45) is 4.65. The van der Waals surface area contributed by atoms with Gasteiger partial charge in [-0.25, -0.2) is 0 Å². The SMILES string of the molecule is CC(=O)SCCC=Cc1cc(Cl)c(Cl)cc1Cl. The topological polar surface area (TPSA) is 17.1 Å². The molecular formula is C12H11Cl3OS. The first-order valence-corrected chi connectivity index (χ1v) is 7.07. The van der Waals surface area contributed by atoms with Gasteiger partial charge in [-0.15, -0.1) is 0 Å². The fourth-order valence-corrected chi connectivity index (χ4v) is 2.31. The molecular weight excluding hydrogens is 299 g/mol. The van der Waals surface area contributed by atoms with Crippen LogP contribution in [0.5, 0.6) is 0 Å². The molecule has 1 nitrogen and oxygen atoms in total. The van der Waals surface area contributed by atoms with Crippen LogP contribution in [0.25, 0.3) is 6.08 Å². The predicted molar refractivity (Wildman–Crippen MR) is 78.3 cm³/mol. The number of rotatable bonds is 4. The minimum absolute atomic E-state index is 0.131. The van der Waals surface area contributed by atoms with Crippen LogP contribution in [-0.4, -0.2) is 10.9 Å². The summed E-state index contributed by atoms with van der Waals surface area (Å²) in [5, 5.41) is 1.62. The fraction of sp³-hybridized carbons (Fsp3) is 0.250. The highest BCUT2D eigenvalue weighted by Crippen LogP contribution is 2.29. The first-order chi connectivity index (χ1) is 8.00. The molecule has 0 saturated carbocycles. The van der Waals surface area contributed by atoms with Crippen LogP contribution in [0.3, 0.4) is 0 Å². The average molecular weight is 310 g/mol. The first kappa shape index (κ1) is 14.9. The molecule has 1 aromatic carbocycles. The molecule has 0 atom stereocenters. The van der Waals surface area contributed by atoms with Crippen LogP contribution in [-0.2, 0) is 4.79 Å². The Kier molecular flexibility index (Phi) is 6.42. The number of hydrogen-bond acceptors (Lipinski definition) is 2. The minimum atomic E-state index is 0.131. The van der Waals surface area contributed by atoms with Crippen molar-refractivity contribution in [2.75, 3.05) is 5.75 Å². The van der Waals surface area contributed by atoms with Crippen molar-refractivity contribution in [1.82, 2.24) is 0 Å². The van der Waals surface area contributed by atoms with Crippen LogP contribution in [0.4, 0.5) is 0 Å². The summed E-state index contributed by atoms with van der Waals surface area (Å²) in [5.41, 5.74) is 0.828. The molecule has 0 aliphatic heterocycles. The van der Waals surface area contributed by atoms with E-state index >= 15 is 0 Å². The van der Waals surface area contributed by atoms with Crippen LogP contribution in [0.1, 0.15) is 18.9 Å². The van der Waals surface area contributed by atoms with Crippen molar-refractivity contribution in [3.05, 3.63) is 38.8 Å². The normalized spacial score (nSPS) is 11.1. The molecule has 0 heterocycles. The third kappa shape index (κ3) is 5.35. The fourth-order valence-electron chi connectivity index (χ4n) is 1.15. The molecule has 0 spiro atoms. The number of thioether (sulfide) groups is 1. The lowest BCUT2D eigenvalue weighted by atomic mass is 10.2. The zero-order valence-electron chi connectivity index (χ0n) is 9.17. The molecule has 0 fully saturated rings. The Labute approximate surface area is 120 Å². The summed E-state index contributed by atoms with van der Waals surface area (Å²) in [5.74, 6) is 0.769. The molecule has 0 unspecified atom stereocenters. The Balaban J connectivity index is 2.59. The number of carbonyl (C=O) groups is 1. The molecule has 0 aromatic heterocycles. The Bertz CT molecular complexity index is 444. The Hall–Kier alpha value is -0.150. The van der Waals surface area contributed by atoms with E-state index in [-0.39, 0.29) is 5.12 Å². The molecule has 0 radical (unpaired) electrons. The largest absolute Gasteiger partial charge is 0.288 e. The van der Waals surface area contributed by atoms with Crippen molar-refractivity contribution < 1.29 is 4.79 Å². The van der Waals surface area contributed by atoms with Crippen LogP contribution in [0.2, 0.25) is 15.1 Å². The van der Waals surface area contributed by atoms with Crippen molar-refractivity contribution in [3.8, 4) is 0 Å². The zero-order valence-corrected chi connectivity index (χ0v) is 12.3. The highest BCUT2D eigenvalue weighted by Gasteiger charge is 2.03. The van der Waals surface area contributed by atoms with Crippen molar-refractivity contribution >= 4 is 57.8 Å².